The summed E-state index contributed by atoms with van der Waals surface area (Å²) >= 11 is 0. The number of amides is 1. The number of carbonyl (C=O) groups is 2. The summed E-state index contributed by atoms with van der Waals surface area (Å²) in [4.78, 5) is 23.4. The highest BCUT2D eigenvalue weighted by Gasteiger charge is 2.17. The average Bonchev–Trinajstić information content (AvgIpc) is 2.29. The smallest absolute Gasteiger partial charge is 0.412 e. The molecule has 0 saturated heterocycles. The molecular weight excluding hydrogens is 254 g/mol. The number of allylic oxidation sites excluding steroid dienone is 1. The summed E-state index contributed by atoms with van der Waals surface area (Å²) in [7, 11) is 0. The molecule has 0 saturated carbocycles. The van der Waals surface area contributed by atoms with E-state index in [0.29, 0.717) is 12.1 Å². The molecule has 1 rings (SSSR count). The molecule has 4 nitrogen and oxygen atoms in total. The van der Waals surface area contributed by atoms with Gasteiger partial charge in [-0.15, -0.1) is 6.58 Å². The van der Waals surface area contributed by atoms with Gasteiger partial charge in [0.05, 0.1) is 0 Å². The van der Waals surface area contributed by atoms with Crippen LogP contribution in [-0.2, 0) is 16.0 Å². The van der Waals surface area contributed by atoms with Crippen LogP contribution in [0.3, 0.4) is 0 Å². The van der Waals surface area contributed by atoms with Gasteiger partial charge in [-0.2, -0.15) is 0 Å². The number of rotatable bonds is 5. The van der Waals surface area contributed by atoms with E-state index in [-0.39, 0.29) is 12.2 Å². The molecule has 0 aliphatic rings. The van der Waals surface area contributed by atoms with Gasteiger partial charge in [0.1, 0.15) is 11.4 Å². The summed E-state index contributed by atoms with van der Waals surface area (Å²) in [6.07, 6.45) is 1.63. The number of para-hydroxylation sites is 1. The molecule has 0 heterocycles. The number of anilines is 1. The second kappa shape index (κ2) is 6.89. The molecule has 0 radical (unpaired) electrons. The first-order valence-corrected chi connectivity index (χ1v) is 6.52. The zero-order valence-corrected chi connectivity index (χ0v) is 12.2. The Morgan fingerprint density at radius 3 is 2.55 bits per heavy atom. The summed E-state index contributed by atoms with van der Waals surface area (Å²) < 4.78 is 5.20. The maximum Gasteiger partial charge on any atom is 0.412 e. The Morgan fingerprint density at radius 1 is 1.30 bits per heavy atom. The molecule has 1 aromatic rings. The van der Waals surface area contributed by atoms with Gasteiger partial charge in [-0.25, -0.2) is 4.79 Å². The average molecular weight is 275 g/mol. The standard InChI is InChI=1S/C16H21NO3/c1-5-8-13(18)11-12-9-6-7-10-14(12)17-15(19)20-16(2,3)4/h5-7,9-10H,1,8,11H2,2-4H3,(H,17,19). The Bertz CT molecular complexity index is 501. The van der Waals surface area contributed by atoms with Crippen molar-refractivity contribution in [1.82, 2.24) is 0 Å². The largest absolute Gasteiger partial charge is 0.444 e. The molecule has 0 aromatic heterocycles. The van der Waals surface area contributed by atoms with Crippen LogP contribution >= 0.6 is 0 Å². The first-order chi connectivity index (χ1) is 9.31. The fourth-order valence-electron chi connectivity index (χ4n) is 1.66. The molecule has 1 amide bonds. The molecule has 20 heavy (non-hydrogen) atoms. The minimum Gasteiger partial charge on any atom is -0.444 e. The van der Waals surface area contributed by atoms with Gasteiger partial charge in [0.25, 0.3) is 0 Å². The molecule has 108 valence electrons. The summed E-state index contributed by atoms with van der Waals surface area (Å²) in [5.74, 6) is 0.0541. The number of ether oxygens (including phenoxy) is 1. The SMILES string of the molecule is C=CCC(=O)Cc1ccccc1NC(=O)OC(C)(C)C. The summed E-state index contributed by atoms with van der Waals surface area (Å²) in [6.45, 7) is 8.94. The van der Waals surface area contributed by atoms with Crippen LogP contribution in [0.4, 0.5) is 10.5 Å². The highest BCUT2D eigenvalue weighted by molar-refractivity contribution is 5.89. The molecule has 0 aliphatic heterocycles. The second-order valence-electron chi connectivity index (χ2n) is 5.49. The monoisotopic (exact) mass is 275 g/mol. The molecular formula is C16H21NO3. The van der Waals surface area contributed by atoms with Crippen LogP contribution in [0.1, 0.15) is 32.8 Å². The van der Waals surface area contributed by atoms with Gasteiger partial charge in [-0.1, -0.05) is 24.3 Å². The van der Waals surface area contributed by atoms with Crippen LogP contribution in [0.2, 0.25) is 0 Å². The van der Waals surface area contributed by atoms with Gasteiger partial charge in [0.2, 0.25) is 0 Å². The summed E-state index contributed by atoms with van der Waals surface area (Å²) in [5, 5.41) is 2.68. The molecule has 4 heteroatoms. The van der Waals surface area contributed by atoms with E-state index in [0.717, 1.165) is 5.56 Å². The quantitative estimate of drug-likeness (QED) is 0.833. The number of nitrogens with one attached hydrogen (secondary N) is 1. The van der Waals surface area contributed by atoms with E-state index in [1.54, 1.807) is 39.0 Å². The van der Waals surface area contributed by atoms with E-state index in [1.165, 1.54) is 0 Å². The minimum atomic E-state index is -0.558. The van der Waals surface area contributed by atoms with Crippen LogP contribution in [0, 0.1) is 0 Å². The van der Waals surface area contributed by atoms with Crippen molar-refractivity contribution in [1.29, 1.82) is 0 Å². The maximum absolute atomic E-state index is 11.8. The van der Waals surface area contributed by atoms with Gasteiger partial charge in [-0.05, 0) is 32.4 Å². The van der Waals surface area contributed by atoms with E-state index in [4.69, 9.17) is 4.74 Å². The molecule has 0 aliphatic carbocycles. The molecule has 1 N–H and O–H groups in total. The molecule has 0 bridgehead atoms. The number of Topliss-reactive ketones (excluding diaryl/α,β-unsaturated/α-hetero) is 1. The third-order valence-corrected chi connectivity index (χ3v) is 2.41. The van der Waals surface area contributed by atoms with E-state index >= 15 is 0 Å². The van der Waals surface area contributed by atoms with E-state index in [2.05, 4.69) is 11.9 Å². The highest BCUT2D eigenvalue weighted by atomic mass is 16.6. The Morgan fingerprint density at radius 2 is 1.95 bits per heavy atom. The Hall–Kier alpha value is -2.10. The van der Waals surface area contributed by atoms with Gasteiger partial charge >= 0.3 is 6.09 Å². The molecule has 1 aromatic carbocycles. The van der Waals surface area contributed by atoms with Gasteiger partial charge in [0.15, 0.2) is 0 Å². The molecule has 0 atom stereocenters. The van der Waals surface area contributed by atoms with Gasteiger partial charge in [0, 0.05) is 18.5 Å². The fourth-order valence-corrected chi connectivity index (χ4v) is 1.66. The zero-order chi connectivity index (χ0) is 15.2. The predicted octanol–water partition coefficient (Wildman–Crippen LogP) is 3.72. The first kappa shape index (κ1) is 16.0. The predicted molar refractivity (Wildman–Crippen MR) is 79.8 cm³/mol. The van der Waals surface area contributed by atoms with E-state index in [9.17, 15) is 9.59 Å². The van der Waals surface area contributed by atoms with Crippen molar-refractivity contribution in [3.8, 4) is 0 Å². The lowest BCUT2D eigenvalue weighted by atomic mass is 10.1. The molecule has 0 spiro atoms. The van der Waals surface area contributed by atoms with Gasteiger partial charge in [-0.3, -0.25) is 10.1 Å². The van der Waals surface area contributed by atoms with Crippen molar-refractivity contribution in [2.75, 3.05) is 5.32 Å². The van der Waals surface area contributed by atoms with Crippen molar-refractivity contribution in [3.63, 3.8) is 0 Å². The lowest BCUT2D eigenvalue weighted by molar-refractivity contribution is -0.117. The lowest BCUT2D eigenvalue weighted by Gasteiger charge is -2.20. The molecule has 0 unspecified atom stereocenters. The van der Waals surface area contributed by atoms with Crippen molar-refractivity contribution < 1.29 is 14.3 Å². The summed E-state index contributed by atoms with van der Waals surface area (Å²) in [5.41, 5.74) is 0.807. The van der Waals surface area contributed by atoms with Crippen molar-refractivity contribution in [3.05, 3.63) is 42.5 Å². The lowest BCUT2D eigenvalue weighted by Crippen LogP contribution is -2.27. The normalized spacial score (nSPS) is 10.8. The van der Waals surface area contributed by atoms with Crippen molar-refractivity contribution in [2.24, 2.45) is 0 Å². The maximum atomic E-state index is 11.8. The zero-order valence-electron chi connectivity index (χ0n) is 12.2. The number of benzene rings is 1. The van der Waals surface area contributed by atoms with Crippen LogP contribution in [0.5, 0.6) is 0 Å². The summed E-state index contributed by atoms with van der Waals surface area (Å²) in [6, 6.07) is 7.19. The fraction of sp³-hybridized carbons (Fsp3) is 0.375. The Labute approximate surface area is 119 Å². The van der Waals surface area contributed by atoms with Crippen molar-refractivity contribution >= 4 is 17.6 Å². The van der Waals surface area contributed by atoms with E-state index in [1.807, 2.05) is 12.1 Å². The van der Waals surface area contributed by atoms with Crippen LogP contribution < -0.4 is 5.32 Å². The Kier molecular flexibility index (Phi) is 5.50. The number of hydrogen-bond acceptors (Lipinski definition) is 3. The third-order valence-electron chi connectivity index (χ3n) is 2.41. The number of carbonyl (C=O) groups excluding carboxylic acids is 2. The molecule has 0 fully saturated rings. The van der Waals surface area contributed by atoms with Crippen LogP contribution in [0.25, 0.3) is 0 Å². The minimum absolute atomic E-state index is 0.0541. The Balaban J connectivity index is 2.77. The first-order valence-electron chi connectivity index (χ1n) is 6.52. The second-order valence-corrected chi connectivity index (χ2v) is 5.49. The van der Waals surface area contributed by atoms with Crippen molar-refractivity contribution in [2.45, 2.75) is 39.2 Å². The topological polar surface area (TPSA) is 55.4 Å². The number of hydrogen-bond donors (Lipinski definition) is 1. The van der Waals surface area contributed by atoms with Gasteiger partial charge < -0.3 is 4.74 Å². The van der Waals surface area contributed by atoms with Crippen LogP contribution in [0.15, 0.2) is 36.9 Å². The van der Waals surface area contributed by atoms with Crippen LogP contribution in [-0.4, -0.2) is 17.5 Å². The third kappa shape index (κ3) is 5.69. The van der Waals surface area contributed by atoms with E-state index < -0.39 is 11.7 Å². The number of ketones is 1. The highest BCUT2D eigenvalue weighted by Crippen LogP contribution is 2.18.